The van der Waals surface area contributed by atoms with Crippen LogP contribution < -0.4 is 0 Å². The molecule has 0 spiro atoms. The van der Waals surface area contributed by atoms with Crippen LogP contribution in [0.2, 0.25) is 0 Å². The third-order valence-corrected chi connectivity index (χ3v) is 3.20. The molecule has 1 aliphatic rings. The molecule has 0 saturated heterocycles. The minimum atomic E-state index is -0.698. The van der Waals surface area contributed by atoms with Crippen LogP contribution in [0.15, 0.2) is 0 Å². The summed E-state index contributed by atoms with van der Waals surface area (Å²) in [6, 6.07) is 0. The van der Waals surface area contributed by atoms with Crippen molar-refractivity contribution in [1.29, 1.82) is 0 Å². The molecule has 2 nitrogen and oxygen atoms in total. The van der Waals surface area contributed by atoms with Crippen LogP contribution in [0.3, 0.4) is 0 Å². The van der Waals surface area contributed by atoms with E-state index in [9.17, 15) is 9.90 Å². The van der Waals surface area contributed by atoms with Gasteiger partial charge in [0.15, 0.2) is 0 Å². The molecule has 0 bridgehead atoms. The first kappa shape index (κ1) is 11.7. The molecule has 82 valence electrons. The minimum absolute atomic E-state index is 0.105. The van der Waals surface area contributed by atoms with Crippen LogP contribution in [0.25, 0.3) is 0 Å². The fraction of sp³-hybridized carbons (Fsp3) is 0.917. The second kappa shape index (κ2) is 4.43. The molecule has 2 atom stereocenters. The Morgan fingerprint density at radius 1 is 1.50 bits per heavy atom. The number of hydrogen-bond acceptors (Lipinski definition) is 2. The Morgan fingerprint density at radius 2 is 2.14 bits per heavy atom. The second-order valence-electron chi connectivity index (χ2n) is 5.23. The summed E-state index contributed by atoms with van der Waals surface area (Å²) in [5.74, 6) is 1.16. The SMILES string of the molecule is CCC1CCC(=O)C(CC(C)(C)O)C1. The van der Waals surface area contributed by atoms with Gasteiger partial charge in [-0.3, -0.25) is 4.79 Å². The molecule has 0 radical (unpaired) electrons. The molecule has 0 aromatic carbocycles. The number of carbonyl (C=O) groups excluding carboxylic acids is 1. The maximum atomic E-state index is 11.6. The maximum absolute atomic E-state index is 11.6. The van der Waals surface area contributed by atoms with Gasteiger partial charge in [0.1, 0.15) is 5.78 Å². The van der Waals surface area contributed by atoms with Gasteiger partial charge in [0.2, 0.25) is 0 Å². The Labute approximate surface area is 86.7 Å². The van der Waals surface area contributed by atoms with Gasteiger partial charge in [-0.2, -0.15) is 0 Å². The van der Waals surface area contributed by atoms with Crippen molar-refractivity contribution >= 4 is 5.78 Å². The normalized spacial score (nSPS) is 29.3. The van der Waals surface area contributed by atoms with Crippen molar-refractivity contribution in [2.45, 2.75) is 58.5 Å². The van der Waals surface area contributed by atoms with Crippen molar-refractivity contribution in [2.75, 3.05) is 0 Å². The average molecular weight is 198 g/mol. The molecule has 2 unspecified atom stereocenters. The quantitative estimate of drug-likeness (QED) is 0.756. The lowest BCUT2D eigenvalue weighted by molar-refractivity contribution is -0.127. The summed E-state index contributed by atoms with van der Waals surface area (Å²) < 4.78 is 0. The highest BCUT2D eigenvalue weighted by Crippen LogP contribution is 2.33. The highest BCUT2D eigenvalue weighted by atomic mass is 16.3. The zero-order valence-electron chi connectivity index (χ0n) is 9.55. The first-order valence-corrected chi connectivity index (χ1v) is 5.67. The summed E-state index contributed by atoms with van der Waals surface area (Å²) in [6.45, 7) is 5.76. The van der Waals surface area contributed by atoms with Crippen molar-refractivity contribution in [3.05, 3.63) is 0 Å². The Hall–Kier alpha value is -0.370. The fourth-order valence-electron chi connectivity index (χ4n) is 2.37. The van der Waals surface area contributed by atoms with Crippen LogP contribution in [0.5, 0.6) is 0 Å². The Morgan fingerprint density at radius 3 is 2.64 bits per heavy atom. The Balaban J connectivity index is 2.53. The number of ketones is 1. The largest absolute Gasteiger partial charge is 0.390 e. The first-order chi connectivity index (χ1) is 6.42. The Bertz CT molecular complexity index is 203. The van der Waals surface area contributed by atoms with E-state index in [1.54, 1.807) is 13.8 Å². The molecule has 2 heteroatoms. The highest BCUT2D eigenvalue weighted by molar-refractivity contribution is 5.81. The zero-order chi connectivity index (χ0) is 10.8. The van der Waals surface area contributed by atoms with E-state index >= 15 is 0 Å². The molecular formula is C12H22O2. The molecule has 0 heterocycles. The van der Waals surface area contributed by atoms with Crippen molar-refractivity contribution < 1.29 is 9.90 Å². The van der Waals surface area contributed by atoms with Gasteiger partial charge in [0.25, 0.3) is 0 Å². The van der Waals surface area contributed by atoms with Gasteiger partial charge in [-0.15, -0.1) is 0 Å². The van der Waals surface area contributed by atoms with Crippen molar-refractivity contribution in [3.8, 4) is 0 Å². The molecule has 1 N–H and O–H groups in total. The third kappa shape index (κ3) is 3.41. The van der Waals surface area contributed by atoms with E-state index in [4.69, 9.17) is 0 Å². The van der Waals surface area contributed by atoms with E-state index in [1.165, 1.54) is 0 Å². The molecule has 0 aliphatic heterocycles. The van der Waals surface area contributed by atoms with E-state index in [0.29, 0.717) is 18.1 Å². The lowest BCUT2D eigenvalue weighted by Crippen LogP contribution is -2.32. The molecule has 0 amide bonds. The van der Waals surface area contributed by atoms with E-state index in [2.05, 4.69) is 6.92 Å². The predicted octanol–water partition coefficient (Wildman–Crippen LogP) is 2.54. The molecular weight excluding hydrogens is 176 g/mol. The van der Waals surface area contributed by atoms with Crippen LogP contribution >= 0.6 is 0 Å². The summed E-state index contributed by atoms with van der Waals surface area (Å²) in [5, 5.41) is 9.69. The number of rotatable bonds is 3. The summed E-state index contributed by atoms with van der Waals surface area (Å²) in [6.07, 6.45) is 4.55. The van der Waals surface area contributed by atoms with E-state index in [1.807, 2.05) is 0 Å². The average Bonchev–Trinajstić information content (AvgIpc) is 2.06. The van der Waals surface area contributed by atoms with Gasteiger partial charge in [-0.1, -0.05) is 13.3 Å². The summed E-state index contributed by atoms with van der Waals surface area (Å²) in [7, 11) is 0. The molecule has 1 fully saturated rings. The summed E-state index contributed by atoms with van der Waals surface area (Å²) in [4.78, 5) is 11.6. The first-order valence-electron chi connectivity index (χ1n) is 5.67. The summed E-state index contributed by atoms with van der Waals surface area (Å²) in [5.41, 5.74) is -0.698. The monoisotopic (exact) mass is 198 g/mol. The molecule has 1 saturated carbocycles. The van der Waals surface area contributed by atoms with Crippen LogP contribution in [0, 0.1) is 11.8 Å². The lowest BCUT2D eigenvalue weighted by Gasteiger charge is -2.31. The predicted molar refractivity (Wildman–Crippen MR) is 57.0 cm³/mol. The number of aliphatic hydroxyl groups is 1. The Kier molecular flexibility index (Phi) is 3.71. The number of hydrogen-bond donors (Lipinski definition) is 1. The van der Waals surface area contributed by atoms with Gasteiger partial charge in [0.05, 0.1) is 5.60 Å². The minimum Gasteiger partial charge on any atom is -0.390 e. The van der Waals surface area contributed by atoms with E-state index < -0.39 is 5.60 Å². The van der Waals surface area contributed by atoms with Crippen molar-refractivity contribution in [3.63, 3.8) is 0 Å². The van der Waals surface area contributed by atoms with Gasteiger partial charge >= 0.3 is 0 Å². The van der Waals surface area contributed by atoms with Gasteiger partial charge in [-0.25, -0.2) is 0 Å². The zero-order valence-corrected chi connectivity index (χ0v) is 9.55. The standard InChI is InChI=1S/C12H22O2/c1-4-9-5-6-11(13)10(7-9)8-12(2,3)14/h9-10,14H,4-8H2,1-3H3. The molecule has 0 aromatic heterocycles. The molecule has 14 heavy (non-hydrogen) atoms. The van der Waals surface area contributed by atoms with E-state index in [0.717, 1.165) is 25.7 Å². The van der Waals surface area contributed by atoms with Gasteiger partial charge in [-0.05, 0) is 39.0 Å². The van der Waals surface area contributed by atoms with Crippen LogP contribution in [-0.4, -0.2) is 16.5 Å². The highest BCUT2D eigenvalue weighted by Gasteiger charge is 2.31. The second-order valence-corrected chi connectivity index (χ2v) is 5.23. The van der Waals surface area contributed by atoms with Gasteiger partial charge < -0.3 is 5.11 Å². The lowest BCUT2D eigenvalue weighted by atomic mass is 9.75. The topological polar surface area (TPSA) is 37.3 Å². The summed E-state index contributed by atoms with van der Waals surface area (Å²) >= 11 is 0. The van der Waals surface area contributed by atoms with Crippen LogP contribution in [-0.2, 0) is 4.79 Å². The molecule has 1 rings (SSSR count). The molecule has 0 aromatic rings. The number of carbonyl (C=O) groups is 1. The van der Waals surface area contributed by atoms with Crippen molar-refractivity contribution in [1.82, 2.24) is 0 Å². The third-order valence-electron chi connectivity index (χ3n) is 3.20. The van der Waals surface area contributed by atoms with Crippen molar-refractivity contribution in [2.24, 2.45) is 11.8 Å². The molecule has 1 aliphatic carbocycles. The van der Waals surface area contributed by atoms with Crippen LogP contribution in [0.1, 0.15) is 52.9 Å². The maximum Gasteiger partial charge on any atom is 0.136 e. The van der Waals surface area contributed by atoms with E-state index in [-0.39, 0.29) is 5.92 Å². The van der Waals surface area contributed by atoms with Crippen LogP contribution in [0.4, 0.5) is 0 Å². The number of Topliss-reactive ketones (excluding diaryl/α,β-unsaturated/α-hetero) is 1. The smallest absolute Gasteiger partial charge is 0.136 e. The van der Waals surface area contributed by atoms with Gasteiger partial charge in [0, 0.05) is 12.3 Å². The fourth-order valence-corrected chi connectivity index (χ4v) is 2.37.